The van der Waals surface area contributed by atoms with Crippen molar-refractivity contribution in [1.29, 1.82) is 0 Å². The van der Waals surface area contributed by atoms with Crippen LogP contribution in [0.4, 0.5) is 0 Å². The van der Waals surface area contributed by atoms with Crippen LogP contribution in [0.2, 0.25) is 0 Å². The monoisotopic (exact) mass is 246 g/mol. The van der Waals surface area contributed by atoms with Gasteiger partial charge in [-0.05, 0) is 45.8 Å². The topological polar surface area (TPSA) is 62.0 Å². The molecule has 0 saturated carbocycles. The zero-order chi connectivity index (χ0) is 13.6. The number of hydrogen-bond acceptors (Lipinski definition) is 2. The first-order valence-electron chi connectivity index (χ1n) is 6.02. The van der Waals surface area contributed by atoms with Gasteiger partial charge in [0.15, 0.2) is 5.78 Å². The Kier molecular flexibility index (Phi) is 2.89. The molecule has 1 amide bonds. The summed E-state index contributed by atoms with van der Waals surface area (Å²) in [4.78, 5) is 26.5. The van der Waals surface area contributed by atoms with Crippen LogP contribution in [0, 0.1) is 13.8 Å². The number of rotatable bonds is 2. The largest absolute Gasteiger partial charge is 0.360 e. The number of carbonyl (C=O) groups excluding carboxylic acids is 2. The second-order valence-corrected chi connectivity index (χ2v) is 4.93. The molecule has 0 bridgehead atoms. The smallest absolute Gasteiger partial charge is 0.247 e. The van der Waals surface area contributed by atoms with Gasteiger partial charge in [-0.15, -0.1) is 0 Å². The van der Waals surface area contributed by atoms with E-state index in [9.17, 15) is 9.59 Å². The fourth-order valence-electron chi connectivity index (χ4n) is 2.62. The molecule has 0 fully saturated rings. The van der Waals surface area contributed by atoms with Gasteiger partial charge in [0.1, 0.15) is 0 Å². The molecule has 4 nitrogen and oxygen atoms in total. The van der Waals surface area contributed by atoms with Crippen molar-refractivity contribution in [3.8, 4) is 0 Å². The van der Waals surface area contributed by atoms with Crippen molar-refractivity contribution < 1.29 is 9.59 Å². The van der Waals surface area contributed by atoms with E-state index in [0.29, 0.717) is 0 Å². The molecule has 2 N–H and O–H groups in total. The first-order chi connectivity index (χ1) is 8.34. The molecule has 0 aliphatic carbocycles. The molecule has 0 saturated heterocycles. The normalized spacial score (nSPS) is 19.4. The highest BCUT2D eigenvalue weighted by Gasteiger charge is 2.30. The third-order valence-corrected chi connectivity index (χ3v) is 3.76. The minimum atomic E-state index is -0.135. The van der Waals surface area contributed by atoms with Crippen molar-refractivity contribution >= 4 is 11.7 Å². The molecule has 2 rings (SSSR count). The first-order valence-corrected chi connectivity index (χ1v) is 6.02. The second kappa shape index (κ2) is 4.12. The molecule has 1 atom stereocenters. The molecule has 1 aromatic heterocycles. The van der Waals surface area contributed by atoms with Gasteiger partial charge >= 0.3 is 0 Å². The molecule has 2 heterocycles. The summed E-state index contributed by atoms with van der Waals surface area (Å²) in [5.74, 6) is 0.0173. The Morgan fingerprint density at radius 3 is 2.17 bits per heavy atom. The third-order valence-electron chi connectivity index (χ3n) is 3.76. The summed E-state index contributed by atoms with van der Waals surface area (Å²) in [6, 6.07) is -0.135. The van der Waals surface area contributed by atoms with E-state index in [1.165, 1.54) is 0 Å². The average Bonchev–Trinajstić information content (AvgIpc) is 2.70. The van der Waals surface area contributed by atoms with Crippen LogP contribution < -0.4 is 5.32 Å². The first kappa shape index (κ1) is 12.6. The van der Waals surface area contributed by atoms with E-state index in [-0.39, 0.29) is 17.7 Å². The van der Waals surface area contributed by atoms with Crippen molar-refractivity contribution in [2.24, 2.45) is 0 Å². The van der Waals surface area contributed by atoms with Crippen molar-refractivity contribution in [3.05, 3.63) is 33.7 Å². The maximum Gasteiger partial charge on any atom is 0.247 e. The number of hydrogen-bond donors (Lipinski definition) is 2. The van der Waals surface area contributed by atoms with Crippen LogP contribution in [0.1, 0.15) is 54.1 Å². The lowest BCUT2D eigenvalue weighted by molar-refractivity contribution is -0.117. The van der Waals surface area contributed by atoms with E-state index in [1.807, 2.05) is 27.7 Å². The van der Waals surface area contributed by atoms with E-state index in [4.69, 9.17) is 0 Å². The minimum Gasteiger partial charge on any atom is -0.360 e. The molecule has 0 aromatic carbocycles. The Morgan fingerprint density at radius 1 is 1.17 bits per heavy atom. The lowest BCUT2D eigenvalue weighted by Crippen LogP contribution is -2.22. The fourth-order valence-corrected chi connectivity index (χ4v) is 2.62. The Balaban J connectivity index is 2.52. The summed E-state index contributed by atoms with van der Waals surface area (Å²) in [6.07, 6.45) is 0. The molecule has 18 heavy (non-hydrogen) atoms. The average molecular weight is 246 g/mol. The van der Waals surface area contributed by atoms with Gasteiger partial charge in [-0.3, -0.25) is 9.59 Å². The van der Waals surface area contributed by atoms with Gasteiger partial charge in [0.25, 0.3) is 0 Å². The summed E-state index contributed by atoms with van der Waals surface area (Å²) in [5, 5.41) is 2.93. The van der Waals surface area contributed by atoms with E-state index in [0.717, 1.165) is 33.7 Å². The number of ketones is 1. The molecule has 1 aliphatic heterocycles. The van der Waals surface area contributed by atoms with E-state index in [2.05, 4.69) is 10.3 Å². The van der Waals surface area contributed by atoms with Gasteiger partial charge in [-0.25, -0.2) is 0 Å². The van der Waals surface area contributed by atoms with Gasteiger partial charge in [-0.2, -0.15) is 0 Å². The van der Waals surface area contributed by atoms with E-state index >= 15 is 0 Å². The zero-order valence-corrected chi connectivity index (χ0v) is 11.4. The second-order valence-electron chi connectivity index (χ2n) is 4.93. The third kappa shape index (κ3) is 1.68. The lowest BCUT2D eigenvalue weighted by Gasteiger charge is -2.12. The van der Waals surface area contributed by atoms with Crippen LogP contribution in [0.25, 0.3) is 0 Å². The predicted octanol–water partition coefficient (Wildman–Crippen LogP) is 2.34. The Morgan fingerprint density at radius 2 is 1.78 bits per heavy atom. The Hall–Kier alpha value is -1.84. The molecule has 4 heteroatoms. The highest BCUT2D eigenvalue weighted by molar-refractivity contribution is 5.99. The van der Waals surface area contributed by atoms with Crippen LogP contribution in [-0.2, 0) is 4.79 Å². The van der Waals surface area contributed by atoms with Crippen molar-refractivity contribution in [3.63, 3.8) is 0 Å². The molecule has 1 aromatic rings. The summed E-state index contributed by atoms with van der Waals surface area (Å²) < 4.78 is 0. The van der Waals surface area contributed by atoms with Crippen LogP contribution in [0.3, 0.4) is 0 Å². The molecule has 0 radical (unpaired) electrons. The van der Waals surface area contributed by atoms with Gasteiger partial charge in [0.2, 0.25) is 5.91 Å². The van der Waals surface area contributed by atoms with Gasteiger partial charge in [0, 0.05) is 22.5 Å². The number of aromatic amines is 1. The van der Waals surface area contributed by atoms with Crippen molar-refractivity contribution in [1.82, 2.24) is 10.3 Å². The SMILES string of the molecule is CC(=O)c1c(C)[nH]c(C2NC(=O)C(C)=C2C)c1C. The number of amides is 1. The minimum absolute atomic E-state index is 0.0338. The highest BCUT2D eigenvalue weighted by Crippen LogP contribution is 2.33. The molecule has 96 valence electrons. The summed E-state index contributed by atoms with van der Waals surface area (Å²) in [6.45, 7) is 9.13. The van der Waals surface area contributed by atoms with Crippen molar-refractivity contribution in [2.45, 2.75) is 40.7 Å². The van der Waals surface area contributed by atoms with Gasteiger partial charge in [-0.1, -0.05) is 0 Å². The predicted molar refractivity (Wildman–Crippen MR) is 69.5 cm³/mol. The lowest BCUT2D eigenvalue weighted by atomic mass is 9.99. The molecular formula is C14H18N2O2. The Labute approximate surface area is 106 Å². The number of Topliss-reactive ketones (excluding diaryl/α,β-unsaturated/α-hetero) is 1. The van der Waals surface area contributed by atoms with E-state index < -0.39 is 0 Å². The number of carbonyl (C=O) groups is 2. The molecular weight excluding hydrogens is 228 g/mol. The number of aromatic nitrogens is 1. The molecule has 1 aliphatic rings. The van der Waals surface area contributed by atoms with Gasteiger partial charge in [0.05, 0.1) is 6.04 Å². The summed E-state index contributed by atoms with van der Waals surface area (Å²) in [7, 11) is 0. The number of H-pyrrole nitrogens is 1. The summed E-state index contributed by atoms with van der Waals surface area (Å²) >= 11 is 0. The quantitative estimate of drug-likeness (QED) is 0.787. The summed E-state index contributed by atoms with van der Waals surface area (Å²) in [5.41, 5.74) is 5.22. The zero-order valence-electron chi connectivity index (χ0n) is 11.4. The van der Waals surface area contributed by atoms with Crippen LogP contribution in [-0.4, -0.2) is 16.7 Å². The molecule has 0 spiro atoms. The fraction of sp³-hybridized carbons (Fsp3) is 0.429. The van der Waals surface area contributed by atoms with E-state index in [1.54, 1.807) is 6.92 Å². The van der Waals surface area contributed by atoms with Gasteiger partial charge < -0.3 is 10.3 Å². The van der Waals surface area contributed by atoms with Crippen LogP contribution in [0.15, 0.2) is 11.1 Å². The number of aryl methyl sites for hydroxylation is 1. The maximum absolute atomic E-state index is 11.7. The number of nitrogens with one attached hydrogen (secondary N) is 2. The van der Waals surface area contributed by atoms with Crippen molar-refractivity contribution in [2.75, 3.05) is 0 Å². The van der Waals surface area contributed by atoms with Crippen LogP contribution >= 0.6 is 0 Å². The standard InChI is InChI=1S/C14H18N2O2/c1-6-7(2)14(18)16-12(6)13-8(3)11(10(5)17)9(4)15-13/h12,15H,1-5H3,(H,16,18). The molecule has 1 unspecified atom stereocenters. The Bertz CT molecular complexity index is 579. The highest BCUT2D eigenvalue weighted by atomic mass is 16.2. The maximum atomic E-state index is 11.7. The van der Waals surface area contributed by atoms with Crippen LogP contribution in [0.5, 0.6) is 0 Å².